The van der Waals surface area contributed by atoms with Gasteiger partial charge in [0.2, 0.25) is 5.91 Å². The number of carbonyl (C=O) groups is 2. The minimum absolute atomic E-state index is 0.181. The van der Waals surface area contributed by atoms with Gasteiger partial charge in [0.15, 0.2) is 11.5 Å². The number of methoxy groups -OCH3 is 2. The molecule has 0 spiro atoms. The van der Waals surface area contributed by atoms with Crippen molar-refractivity contribution < 1.29 is 19.1 Å². The molecule has 0 saturated heterocycles. The minimum Gasteiger partial charge on any atom is -0.493 e. The van der Waals surface area contributed by atoms with Crippen molar-refractivity contribution >= 4 is 29.1 Å². The van der Waals surface area contributed by atoms with Gasteiger partial charge in [0.25, 0.3) is 5.91 Å². The van der Waals surface area contributed by atoms with E-state index in [1.54, 1.807) is 78.8 Å². The smallest absolute Gasteiger partial charge is 0.254 e. The summed E-state index contributed by atoms with van der Waals surface area (Å²) in [4.78, 5) is 34.8. The van der Waals surface area contributed by atoms with Crippen molar-refractivity contribution in [3.8, 4) is 11.5 Å². The molecule has 2 aromatic carbocycles. The van der Waals surface area contributed by atoms with E-state index < -0.39 is 12.0 Å². The molecule has 4 rings (SSSR count). The van der Waals surface area contributed by atoms with Gasteiger partial charge in [-0.15, -0.1) is 0 Å². The zero-order valence-electron chi connectivity index (χ0n) is 18.8. The fraction of sp³-hybridized carbons (Fsp3) is 0.240. The molecule has 8 heteroatoms. The van der Waals surface area contributed by atoms with E-state index in [1.165, 1.54) is 14.2 Å². The lowest BCUT2D eigenvalue weighted by atomic mass is 9.79. The quantitative estimate of drug-likeness (QED) is 0.561. The Morgan fingerprint density at radius 3 is 2.36 bits per heavy atom. The monoisotopic (exact) mass is 465 g/mol. The van der Waals surface area contributed by atoms with Gasteiger partial charge in [0.1, 0.15) is 0 Å². The molecule has 2 atom stereocenters. The Morgan fingerprint density at radius 1 is 1.09 bits per heavy atom. The fourth-order valence-corrected chi connectivity index (χ4v) is 4.41. The topological polar surface area (TPSA) is 72.0 Å². The third kappa shape index (κ3) is 4.00. The van der Waals surface area contributed by atoms with E-state index in [0.717, 1.165) is 5.56 Å². The number of hydrogen-bond donors (Lipinski definition) is 0. The maximum absolute atomic E-state index is 14.0. The van der Waals surface area contributed by atoms with Crippen LogP contribution in [0.5, 0.6) is 11.5 Å². The molecule has 7 nitrogen and oxygen atoms in total. The maximum Gasteiger partial charge on any atom is 0.254 e. The summed E-state index contributed by atoms with van der Waals surface area (Å²) in [6, 6.07) is 13.5. The molecule has 0 bridgehead atoms. The van der Waals surface area contributed by atoms with E-state index in [0.29, 0.717) is 33.3 Å². The summed E-state index contributed by atoms with van der Waals surface area (Å²) in [5, 5.41) is 0.581. The minimum atomic E-state index is -0.701. The van der Waals surface area contributed by atoms with Gasteiger partial charge in [0, 0.05) is 42.8 Å². The first-order valence-corrected chi connectivity index (χ1v) is 10.7. The number of anilines is 1. The number of ether oxygens (including phenoxy) is 2. The van der Waals surface area contributed by atoms with E-state index in [1.807, 2.05) is 6.07 Å². The van der Waals surface area contributed by atoms with Crippen molar-refractivity contribution in [3.05, 3.63) is 82.6 Å². The van der Waals surface area contributed by atoms with Crippen LogP contribution >= 0.6 is 11.6 Å². The number of nitrogens with zero attached hydrogens (tertiary/aromatic N) is 3. The van der Waals surface area contributed by atoms with E-state index in [2.05, 4.69) is 4.98 Å². The van der Waals surface area contributed by atoms with Crippen LogP contribution in [0.1, 0.15) is 33.4 Å². The summed E-state index contributed by atoms with van der Waals surface area (Å²) in [5.74, 6) is -0.218. The number of pyridine rings is 1. The highest BCUT2D eigenvalue weighted by Crippen LogP contribution is 2.46. The molecule has 2 amide bonds. The molecule has 0 unspecified atom stereocenters. The first-order valence-electron chi connectivity index (χ1n) is 10.3. The lowest BCUT2D eigenvalue weighted by Gasteiger charge is -2.41. The number of carbonyl (C=O) groups excluding carboxylic acids is 2. The molecule has 2 heterocycles. The van der Waals surface area contributed by atoms with Crippen LogP contribution < -0.4 is 14.4 Å². The first kappa shape index (κ1) is 22.6. The van der Waals surface area contributed by atoms with E-state index >= 15 is 0 Å². The molecule has 1 aliphatic rings. The Labute approximate surface area is 197 Å². The average Bonchev–Trinajstić information content (AvgIpc) is 2.85. The van der Waals surface area contributed by atoms with Crippen LogP contribution in [0.2, 0.25) is 5.02 Å². The summed E-state index contributed by atoms with van der Waals surface area (Å²) in [7, 11) is 6.44. The van der Waals surface area contributed by atoms with Gasteiger partial charge in [-0.3, -0.25) is 14.6 Å². The van der Waals surface area contributed by atoms with Crippen LogP contribution in [-0.4, -0.2) is 50.0 Å². The van der Waals surface area contributed by atoms with Crippen LogP contribution in [0.4, 0.5) is 5.69 Å². The van der Waals surface area contributed by atoms with Gasteiger partial charge in [-0.2, -0.15) is 0 Å². The number of aromatic nitrogens is 1. The lowest BCUT2D eigenvalue weighted by molar-refractivity contribution is -0.121. The van der Waals surface area contributed by atoms with E-state index in [4.69, 9.17) is 21.1 Å². The average molecular weight is 466 g/mol. The van der Waals surface area contributed by atoms with Gasteiger partial charge in [-0.25, -0.2) is 0 Å². The van der Waals surface area contributed by atoms with Gasteiger partial charge >= 0.3 is 0 Å². The molecular weight excluding hydrogens is 442 g/mol. The molecule has 0 N–H and O–H groups in total. The Kier molecular flexibility index (Phi) is 6.24. The highest BCUT2D eigenvalue weighted by molar-refractivity contribution is 6.30. The first-order chi connectivity index (χ1) is 15.9. The number of rotatable bonds is 5. The van der Waals surface area contributed by atoms with Crippen molar-refractivity contribution in [2.75, 3.05) is 33.2 Å². The van der Waals surface area contributed by atoms with Crippen LogP contribution in [0, 0.1) is 0 Å². The van der Waals surface area contributed by atoms with Gasteiger partial charge in [-0.1, -0.05) is 17.7 Å². The predicted molar refractivity (Wildman–Crippen MR) is 126 cm³/mol. The molecule has 3 aromatic rings. The highest BCUT2D eigenvalue weighted by atomic mass is 35.5. The maximum atomic E-state index is 14.0. The summed E-state index contributed by atoms with van der Waals surface area (Å²) >= 11 is 6.03. The van der Waals surface area contributed by atoms with E-state index in [9.17, 15) is 9.59 Å². The number of benzene rings is 2. The van der Waals surface area contributed by atoms with Crippen molar-refractivity contribution in [1.29, 1.82) is 0 Å². The Balaban J connectivity index is 1.91. The molecule has 33 heavy (non-hydrogen) atoms. The fourth-order valence-electron chi connectivity index (χ4n) is 4.28. The van der Waals surface area contributed by atoms with Crippen molar-refractivity contribution in [2.24, 2.45) is 0 Å². The standard InChI is InChI=1S/C25H24ClN3O4/c1-28(17-9-7-16(26)8-10-17)25(31)22-18-12-20(32-3)21(33-4)13-19(18)24(30)29(2)23(22)15-6-5-11-27-14-15/h5-14,22-23H,1-4H3/t22-,23-/m1/s1. The Morgan fingerprint density at radius 2 is 1.76 bits per heavy atom. The molecule has 1 aromatic heterocycles. The molecule has 1 aliphatic heterocycles. The van der Waals surface area contributed by atoms with Crippen LogP contribution in [0.25, 0.3) is 0 Å². The second-order valence-corrected chi connectivity index (χ2v) is 8.23. The summed E-state index contributed by atoms with van der Waals surface area (Å²) in [5.41, 5.74) is 2.43. The SMILES string of the molecule is COc1cc2c(cc1OC)[C@@H](C(=O)N(C)c1ccc(Cl)cc1)[C@@H](c1cccnc1)N(C)C2=O. The normalized spacial score (nSPS) is 17.4. The molecule has 0 saturated carbocycles. The summed E-state index contributed by atoms with van der Waals surface area (Å²) in [6.45, 7) is 0. The Hall–Kier alpha value is -3.58. The van der Waals surface area contributed by atoms with E-state index in [-0.39, 0.29) is 11.8 Å². The lowest BCUT2D eigenvalue weighted by Crippen LogP contribution is -2.46. The molecule has 0 radical (unpaired) electrons. The number of likely N-dealkylation sites (N-methyl/N-ethyl adjacent to an activating group) is 2. The third-order valence-corrected chi connectivity index (χ3v) is 6.26. The second-order valence-electron chi connectivity index (χ2n) is 7.79. The number of halogens is 1. The highest BCUT2D eigenvalue weighted by Gasteiger charge is 2.44. The van der Waals surface area contributed by atoms with Crippen LogP contribution in [-0.2, 0) is 4.79 Å². The summed E-state index contributed by atoms with van der Waals surface area (Å²) in [6.07, 6.45) is 3.34. The van der Waals surface area contributed by atoms with Gasteiger partial charge < -0.3 is 19.3 Å². The number of hydrogen-bond acceptors (Lipinski definition) is 5. The zero-order chi connectivity index (χ0) is 23.7. The molecule has 0 aliphatic carbocycles. The summed E-state index contributed by atoms with van der Waals surface area (Å²) < 4.78 is 10.9. The predicted octanol–water partition coefficient (Wildman–Crippen LogP) is 4.33. The third-order valence-electron chi connectivity index (χ3n) is 6.01. The van der Waals surface area contributed by atoms with Crippen molar-refractivity contribution in [3.63, 3.8) is 0 Å². The number of fused-ring (bicyclic) bond motifs is 1. The molecule has 170 valence electrons. The zero-order valence-corrected chi connectivity index (χ0v) is 19.5. The second kappa shape index (κ2) is 9.11. The number of amides is 2. The van der Waals surface area contributed by atoms with Crippen LogP contribution in [0.15, 0.2) is 60.9 Å². The van der Waals surface area contributed by atoms with Crippen LogP contribution in [0.3, 0.4) is 0 Å². The Bertz CT molecular complexity index is 1180. The van der Waals surface area contributed by atoms with Crippen molar-refractivity contribution in [1.82, 2.24) is 9.88 Å². The largest absolute Gasteiger partial charge is 0.493 e. The molecular formula is C25H24ClN3O4. The van der Waals surface area contributed by atoms with Gasteiger partial charge in [0.05, 0.1) is 26.2 Å². The van der Waals surface area contributed by atoms with Gasteiger partial charge in [-0.05, 0) is 53.6 Å². The van der Waals surface area contributed by atoms with Crippen molar-refractivity contribution in [2.45, 2.75) is 12.0 Å². The molecule has 0 fully saturated rings.